The van der Waals surface area contributed by atoms with Gasteiger partial charge < -0.3 is 0 Å². The summed E-state index contributed by atoms with van der Waals surface area (Å²) in [6.45, 7) is 0. The smallest absolute Gasteiger partial charge is 0.241 e. The number of hydrogen-bond donors (Lipinski definition) is 0. The molecule has 0 saturated carbocycles. The predicted molar refractivity (Wildman–Crippen MR) is 170 cm³/mol. The van der Waals surface area contributed by atoms with Crippen LogP contribution in [0.15, 0.2) is 152 Å². The van der Waals surface area contributed by atoms with Gasteiger partial charge in [-0.05, 0) is 12.1 Å². The minimum absolute atomic E-state index is 0.392. The Kier molecular flexibility index (Phi) is 7.10. The quantitative estimate of drug-likeness (QED) is 0.196. The molecule has 0 atom stereocenters. The van der Waals surface area contributed by atoms with Crippen LogP contribution in [0.5, 0.6) is 0 Å². The summed E-state index contributed by atoms with van der Waals surface area (Å²) in [5.74, 6) is 2.97. The topological polar surface area (TPSA) is 80.6 Å². The van der Waals surface area contributed by atoms with Crippen LogP contribution in [0.1, 0.15) is 0 Å². The molecule has 5 aromatic carbocycles. The summed E-state index contributed by atoms with van der Waals surface area (Å²) < 4.78 is 0. The van der Waals surface area contributed by atoms with Gasteiger partial charge in [0.25, 0.3) is 0 Å². The summed E-state index contributed by atoms with van der Waals surface area (Å²) in [5, 5.41) is 0. The minimum atomic E-state index is 0.392. The first kappa shape index (κ1) is 25.9. The van der Waals surface area contributed by atoms with E-state index in [9.17, 15) is 0 Å². The highest BCUT2D eigenvalue weighted by molar-refractivity contribution is 5.74. The zero-order valence-corrected chi connectivity index (χ0v) is 23.1. The molecule has 7 rings (SSSR count). The lowest BCUT2D eigenvalue weighted by Gasteiger charge is -2.22. The van der Waals surface area contributed by atoms with Crippen molar-refractivity contribution < 1.29 is 0 Å². The molecule has 2 aromatic heterocycles. The first-order chi connectivity index (χ1) is 21.3. The number of benzene rings is 5. The monoisotopic (exact) mass is 555 g/mol. The molecule has 0 saturated heterocycles. The first-order valence-corrected chi connectivity index (χ1v) is 13.9. The third-order valence-corrected chi connectivity index (χ3v) is 6.79. The Labute approximate surface area is 249 Å². The van der Waals surface area contributed by atoms with Crippen LogP contribution in [0.3, 0.4) is 0 Å². The van der Waals surface area contributed by atoms with Crippen LogP contribution in [0.2, 0.25) is 0 Å². The maximum Gasteiger partial charge on any atom is 0.241 e. The maximum absolute atomic E-state index is 4.99. The normalized spacial score (nSPS) is 10.8. The van der Waals surface area contributed by atoms with Gasteiger partial charge in [0.1, 0.15) is 0 Å². The molecular weight excluding hydrogens is 530 g/mol. The molecule has 7 nitrogen and oxygen atoms in total. The molecule has 0 unspecified atom stereocenters. The Morgan fingerprint density at radius 3 is 0.814 bits per heavy atom. The molecule has 0 aliphatic heterocycles. The van der Waals surface area contributed by atoms with Gasteiger partial charge in [-0.15, -0.1) is 0 Å². The molecule has 0 fully saturated rings. The number of rotatable bonds is 7. The fourth-order valence-electron chi connectivity index (χ4n) is 4.69. The number of para-hydroxylation sites is 1. The Hall–Kier alpha value is -6.08. The molecule has 2 heterocycles. The zero-order chi connectivity index (χ0) is 28.8. The highest BCUT2D eigenvalue weighted by Gasteiger charge is 2.23. The standard InChI is InChI=1S/C36H25N7/c1-6-16-26(17-7-1)31-37-32(27-18-8-2-9-19-27)40-35(39-31)43(30-24-14-5-15-25-30)36-41-33(28-20-10-3-11-21-28)38-34(42-36)29-22-12-4-13-23-29/h1-25H. The Balaban J connectivity index is 1.49. The van der Waals surface area contributed by atoms with Crippen molar-refractivity contribution in [2.24, 2.45) is 0 Å². The van der Waals surface area contributed by atoms with Gasteiger partial charge in [0.15, 0.2) is 23.3 Å². The van der Waals surface area contributed by atoms with Crippen LogP contribution in [0.25, 0.3) is 45.6 Å². The third-order valence-electron chi connectivity index (χ3n) is 6.79. The Morgan fingerprint density at radius 2 is 0.535 bits per heavy atom. The molecule has 0 radical (unpaired) electrons. The van der Waals surface area contributed by atoms with Crippen molar-refractivity contribution >= 4 is 17.6 Å². The second kappa shape index (κ2) is 11.8. The molecule has 0 aliphatic carbocycles. The second-order valence-electron chi connectivity index (χ2n) is 9.70. The second-order valence-corrected chi connectivity index (χ2v) is 9.70. The summed E-state index contributed by atoms with van der Waals surface area (Å²) in [7, 11) is 0. The number of anilines is 3. The van der Waals surface area contributed by atoms with Gasteiger partial charge >= 0.3 is 0 Å². The average Bonchev–Trinajstić information content (AvgIpc) is 3.10. The van der Waals surface area contributed by atoms with E-state index in [0.717, 1.165) is 27.9 Å². The van der Waals surface area contributed by atoms with Gasteiger partial charge in [0.05, 0.1) is 5.69 Å². The molecule has 204 valence electrons. The van der Waals surface area contributed by atoms with E-state index >= 15 is 0 Å². The van der Waals surface area contributed by atoms with Crippen LogP contribution < -0.4 is 4.90 Å². The van der Waals surface area contributed by atoms with Crippen LogP contribution >= 0.6 is 0 Å². The number of hydrogen-bond acceptors (Lipinski definition) is 7. The van der Waals surface area contributed by atoms with Gasteiger partial charge in [-0.3, -0.25) is 0 Å². The predicted octanol–water partition coefficient (Wildman–Crippen LogP) is 8.19. The van der Waals surface area contributed by atoms with E-state index in [1.54, 1.807) is 0 Å². The van der Waals surface area contributed by atoms with Crippen molar-refractivity contribution in [2.75, 3.05) is 4.90 Å². The summed E-state index contributed by atoms with van der Waals surface area (Å²) in [6.07, 6.45) is 0. The summed E-state index contributed by atoms with van der Waals surface area (Å²) >= 11 is 0. The number of nitrogens with zero attached hydrogens (tertiary/aromatic N) is 7. The lowest BCUT2D eigenvalue weighted by molar-refractivity contribution is 0.964. The van der Waals surface area contributed by atoms with Gasteiger partial charge in [0.2, 0.25) is 11.9 Å². The van der Waals surface area contributed by atoms with Gasteiger partial charge in [-0.1, -0.05) is 140 Å². The van der Waals surface area contributed by atoms with E-state index in [-0.39, 0.29) is 0 Å². The highest BCUT2D eigenvalue weighted by atomic mass is 15.4. The largest absolute Gasteiger partial charge is 0.246 e. The van der Waals surface area contributed by atoms with E-state index in [4.69, 9.17) is 29.9 Å². The SMILES string of the molecule is c1ccc(-c2nc(-c3ccccc3)nc(N(c3ccccc3)c3nc(-c4ccccc4)nc(-c4ccccc4)n3)n2)cc1. The highest BCUT2D eigenvalue weighted by Crippen LogP contribution is 2.34. The van der Waals surface area contributed by atoms with Crippen molar-refractivity contribution in [3.63, 3.8) is 0 Å². The summed E-state index contributed by atoms with van der Waals surface area (Å²) in [6, 6.07) is 49.5. The Morgan fingerprint density at radius 1 is 0.279 bits per heavy atom. The fourth-order valence-corrected chi connectivity index (χ4v) is 4.69. The van der Waals surface area contributed by atoms with Gasteiger partial charge in [0, 0.05) is 22.3 Å². The molecule has 0 amide bonds. The van der Waals surface area contributed by atoms with E-state index < -0.39 is 0 Å². The Bertz CT molecular complexity index is 1710. The van der Waals surface area contributed by atoms with Crippen LogP contribution in [-0.4, -0.2) is 29.9 Å². The van der Waals surface area contributed by atoms with Crippen molar-refractivity contribution in [2.45, 2.75) is 0 Å². The summed E-state index contributed by atoms with van der Waals surface area (Å²) in [4.78, 5) is 31.6. The molecule has 0 aliphatic rings. The minimum Gasteiger partial charge on any atom is -0.246 e. The molecule has 0 N–H and O–H groups in total. The third kappa shape index (κ3) is 5.60. The van der Waals surface area contributed by atoms with Crippen LogP contribution in [0, 0.1) is 0 Å². The molecule has 43 heavy (non-hydrogen) atoms. The van der Waals surface area contributed by atoms with E-state index in [1.165, 1.54) is 0 Å². The first-order valence-electron chi connectivity index (χ1n) is 13.9. The van der Waals surface area contributed by atoms with Crippen molar-refractivity contribution in [1.82, 2.24) is 29.9 Å². The van der Waals surface area contributed by atoms with Gasteiger partial charge in [-0.2, -0.15) is 19.9 Å². The molecule has 0 spiro atoms. The van der Waals surface area contributed by atoms with Crippen molar-refractivity contribution in [1.29, 1.82) is 0 Å². The van der Waals surface area contributed by atoms with Crippen LogP contribution in [-0.2, 0) is 0 Å². The van der Waals surface area contributed by atoms with E-state index in [2.05, 4.69) is 0 Å². The lowest BCUT2D eigenvalue weighted by atomic mass is 10.2. The molecular formula is C36H25N7. The molecule has 7 aromatic rings. The van der Waals surface area contributed by atoms with Crippen molar-refractivity contribution in [3.05, 3.63) is 152 Å². The fraction of sp³-hybridized carbons (Fsp3) is 0. The lowest BCUT2D eigenvalue weighted by Crippen LogP contribution is -2.19. The van der Waals surface area contributed by atoms with E-state index in [1.807, 2.05) is 157 Å². The molecule has 7 heteroatoms. The van der Waals surface area contributed by atoms with Gasteiger partial charge in [-0.25, -0.2) is 14.9 Å². The summed E-state index contributed by atoms with van der Waals surface area (Å²) in [5.41, 5.74) is 4.31. The molecule has 0 bridgehead atoms. The van der Waals surface area contributed by atoms with Crippen molar-refractivity contribution in [3.8, 4) is 45.6 Å². The average molecular weight is 556 g/mol. The zero-order valence-electron chi connectivity index (χ0n) is 23.1. The number of aromatic nitrogens is 6. The van der Waals surface area contributed by atoms with E-state index in [0.29, 0.717) is 35.2 Å². The van der Waals surface area contributed by atoms with Crippen LogP contribution in [0.4, 0.5) is 17.6 Å². The maximum atomic E-state index is 4.99.